The molecule has 2 fully saturated rings. The second-order valence-corrected chi connectivity index (χ2v) is 9.78. The number of ether oxygens (including phenoxy) is 1. The van der Waals surface area contributed by atoms with Crippen LogP contribution in [0.5, 0.6) is 0 Å². The number of carbonyl (C=O) groups excluding carboxylic acids is 4. The molecule has 1 saturated heterocycles. The number of rotatable bonds is 6. The lowest BCUT2D eigenvalue weighted by Gasteiger charge is -2.28. The number of benzene rings is 1. The quantitative estimate of drug-likeness (QED) is 0.360. The topological polar surface area (TPSA) is 92.8 Å². The summed E-state index contributed by atoms with van der Waals surface area (Å²) in [6, 6.07) is 3.84. The summed E-state index contributed by atoms with van der Waals surface area (Å²) in [5.41, 5.74) is 0.454. The average Bonchev–Trinajstić information content (AvgIpc) is 3.39. The molecule has 0 unspecified atom stereocenters. The molecule has 3 amide bonds. The lowest BCUT2D eigenvalue weighted by atomic mass is 9.85. The number of amides is 3. The van der Waals surface area contributed by atoms with E-state index in [4.69, 9.17) is 16.3 Å². The minimum absolute atomic E-state index is 0.0591. The monoisotopic (exact) mass is 508 g/mol. The van der Waals surface area contributed by atoms with Gasteiger partial charge in [0.2, 0.25) is 11.8 Å². The van der Waals surface area contributed by atoms with Crippen molar-refractivity contribution in [2.75, 3.05) is 11.9 Å². The zero-order valence-electron chi connectivity index (χ0n) is 17.0. The first kappa shape index (κ1) is 22.0. The first-order chi connectivity index (χ1) is 14.7. The summed E-state index contributed by atoms with van der Waals surface area (Å²) in [6.07, 6.45) is 4.82. The Bertz CT molecular complexity index is 964. The predicted octanol–water partition coefficient (Wildman–Crippen LogP) is 3.42. The summed E-state index contributed by atoms with van der Waals surface area (Å²) in [6.45, 7) is 2.96. The maximum atomic E-state index is 13.0. The molecular formula is C22H22BrClN2O5. The van der Waals surface area contributed by atoms with Crippen LogP contribution in [0, 0.1) is 29.6 Å². The summed E-state index contributed by atoms with van der Waals surface area (Å²) in [7, 11) is 0. The highest BCUT2D eigenvalue weighted by Gasteiger charge is 2.61. The Hall–Kier alpha value is -2.19. The molecule has 9 heteroatoms. The standard InChI is InChI=1S/C22H22BrClN2O5/c1-10(2)19(26-20(28)17-11-3-4-12(7-11)18(17)21(26)29)22(30)31-9-16(27)25-13-5-6-14(23)15(24)8-13/h3-6,8,10-12,17-19H,7,9H2,1-2H3,(H,25,27)/t11-,12-,17-,18+,19-/m0/s1. The van der Waals surface area contributed by atoms with Gasteiger partial charge in [0.05, 0.1) is 16.9 Å². The summed E-state index contributed by atoms with van der Waals surface area (Å²) in [5, 5.41) is 3.02. The first-order valence-electron chi connectivity index (χ1n) is 10.2. The van der Waals surface area contributed by atoms with Crippen LogP contribution in [0.25, 0.3) is 0 Å². The molecule has 1 N–H and O–H groups in total. The van der Waals surface area contributed by atoms with Crippen LogP contribution in [-0.2, 0) is 23.9 Å². The highest BCUT2D eigenvalue weighted by atomic mass is 79.9. The normalized spacial score (nSPS) is 27.1. The van der Waals surface area contributed by atoms with Gasteiger partial charge in [-0.2, -0.15) is 0 Å². The fourth-order valence-electron chi connectivity index (χ4n) is 4.87. The van der Waals surface area contributed by atoms with Crippen molar-refractivity contribution in [3.8, 4) is 0 Å². The van der Waals surface area contributed by atoms with Crippen molar-refractivity contribution < 1.29 is 23.9 Å². The number of esters is 1. The van der Waals surface area contributed by atoms with E-state index in [0.29, 0.717) is 15.2 Å². The number of hydrogen-bond donors (Lipinski definition) is 1. The molecule has 0 radical (unpaired) electrons. The number of halogens is 2. The molecule has 0 aromatic heterocycles. The Morgan fingerprint density at radius 2 is 1.81 bits per heavy atom. The fraction of sp³-hybridized carbons (Fsp3) is 0.455. The highest BCUT2D eigenvalue weighted by molar-refractivity contribution is 9.10. The van der Waals surface area contributed by atoms with E-state index in [-0.39, 0.29) is 41.4 Å². The van der Waals surface area contributed by atoms with Crippen molar-refractivity contribution >= 4 is 56.9 Å². The van der Waals surface area contributed by atoms with Crippen LogP contribution in [0.2, 0.25) is 5.02 Å². The maximum absolute atomic E-state index is 13.0. The van der Waals surface area contributed by atoms with Crippen LogP contribution >= 0.6 is 27.5 Å². The molecule has 1 saturated carbocycles. The lowest BCUT2D eigenvalue weighted by molar-refractivity contribution is -0.162. The lowest BCUT2D eigenvalue weighted by Crippen LogP contribution is -2.50. The molecule has 164 valence electrons. The second-order valence-electron chi connectivity index (χ2n) is 8.52. The van der Waals surface area contributed by atoms with Crippen LogP contribution in [0.3, 0.4) is 0 Å². The molecule has 5 atom stereocenters. The van der Waals surface area contributed by atoms with Crippen LogP contribution in [-0.4, -0.2) is 41.2 Å². The number of imide groups is 1. The maximum Gasteiger partial charge on any atom is 0.330 e. The Labute approximate surface area is 193 Å². The summed E-state index contributed by atoms with van der Waals surface area (Å²) in [4.78, 5) is 52.2. The molecule has 1 aromatic carbocycles. The minimum atomic E-state index is -1.06. The number of hydrogen-bond acceptors (Lipinski definition) is 5. The molecule has 31 heavy (non-hydrogen) atoms. The molecule has 2 aliphatic carbocycles. The second kappa shape index (κ2) is 8.39. The molecule has 1 heterocycles. The van der Waals surface area contributed by atoms with Gasteiger partial charge < -0.3 is 10.1 Å². The first-order valence-corrected chi connectivity index (χ1v) is 11.3. The van der Waals surface area contributed by atoms with E-state index in [9.17, 15) is 19.2 Å². The number of anilines is 1. The SMILES string of the molecule is CC(C)[C@@H](C(=O)OCC(=O)Nc1ccc(Br)c(Cl)c1)N1C(=O)[C@@H]2[C@H](C1=O)[C@H]1C=C[C@H]2C1. The number of allylic oxidation sites excluding steroid dienone is 2. The van der Waals surface area contributed by atoms with Crippen molar-refractivity contribution in [1.29, 1.82) is 0 Å². The largest absolute Gasteiger partial charge is 0.454 e. The number of fused-ring (bicyclic) bond motifs is 5. The molecule has 1 aromatic rings. The predicted molar refractivity (Wildman–Crippen MR) is 117 cm³/mol. The van der Waals surface area contributed by atoms with Gasteiger partial charge >= 0.3 is 5.97 Å². The van der Waals surface area contributed by atoms with Crippen LogP contribution in [0.15, 0.2) is 34.8 Å². The molecule has 7 nitrogen and oxygen atoms in total. The van der Waals surface area contributed by atoms with E-state index in [0.717, 1.165) is 11.3 Å². The van der Waals surface area contributed by atoms with Gasteiger partial charge in [-0.3, -0.25) is 19.3 Å². The smallest absolute Gasteiger partial charge is 0.330 e. The summed E-state index contributed by atoms with van der Waals surface area (Å²) < 4.78 is 5.89. The number of nitrogens with one attached hydrogen (secondary N) is 1. The van der Waals surface area contributed by atoms with Crippen molar-refractivity contribution in [1.82, 2.24) is 4.90 Å². The van der Waals surface area contributed by atoms with Crippen molar-refractivity contribution in [3.05, 3.63) is 39.8 Å². The molecule has 0 spiro atoms. The highest BCUT2D eigenvalue weighted by Crippen LogP contribution is 2.53. The molecule has 2 bridgehead atoms. The molecule has 1 aliphatic heterocycles. The zero-order chi connectivity index (χ0) is 22.4. The molecular weight excluding hydrogens is 488 g/mol. The third-order valence-corrected chi connectivity index (χ3v) is 7.44. The molecule has 4 rings (SSSR count). The van der Waals surface area contributed by atoms with E-state index in [1.807, 2.05) is 12.2 Å². The van der Waals surface area contributed by atoms with Crippen molar-refractivity contribution in [2.45, 2.75) is 26.3 Å². The van der Waals surface area contributed by atoms with Gasteiger partial charge in [0.25, 0.3) is 5.91 Å². The summed E-state index contributed by atoms with van der Waals surface area (Å²) in [5.74, 6) is -2.93. The van der Waals surface area contributed by atoms with Crippen LogP contribution < -0.4 is 5.32 Å². The van der Waals surface area contributed by atoms with E-state index in [2.05, 4.69) is 21.2 Å². The van der Waals surface area contributed by atoms with E-state index >= 15 is 0 Å². The Morgan fingerprint density at radius 3 is 2.35 bits per heavy atom. The Kier molecular flexibility index (Phi) is 5.96. The van der Waals surface area contributed by atoms with Gasteiger partial charge in [0, 0.05) is 10.2 Å². The number of likely N-dealkylation sites (tertiary alicyclic amines) is 1. The third-order valence-electron chi connectivity index (χ3n) is 6.20. The van der Waals surface area contributed by atoms with Crippen LogP contribution in [0.4, 0.5) is 5.69 Å². The Morgan fingerprint density at radius 1 is 1.19 bits per heavy atom. The van der Waals surface area contributed by atoms with Gasteiger partial charge in [0.15, 0.2) is 6.61 Å². The van der Waals surface area contributed by atoms with Gasteiger partial charge in [-0.25, -0.2) is 4.79 Å². The fourth-order valence-corrected chi connectivity index (χ4v) is 5.30. The zero-order valence-corrected chi connectivity index (χ0v) is 19.4. The van der Waals surface area contributed by atoms with Gasteiger partial charge in [0.1, 0.15) is 6.04 Å². The minimum Gasteiger partial charge on any atom is -0.454 e. The number of carbonyl (C=O) groups is 4. The van der Waals surface area contributed by atoms with Crippen molar-refractivity contribution in [3.63, 3.8) is 0 Å². The van der Waals surface area contributed by atoms with Gasteiger partial charge in [-0.1, -0.05) is 37.6 Å². The van der Waals surface area contributed by atoms with E-state index in [1.165, 1.54) is 0 Å². The van der Waals surface area contributed by atoms with E-state index in [1.54, 1.807) is 32.0 Å². The number of nitrogens with zero attached hydrogens (tertiary/aromatic N) is 1. The van der Waals surface area contributed by atoms with Crippen molar-refractivity contribution in [2.24, 2.45) is 29.6 Å². The van der Waals surface area contributed by atoms with Gasteiger partial charge in [-0.15, -0.1) is 0 Å². The third kappa shape index (κ3) is 3.91. The Balaban J connectivity index is 1.41. The van der Waals surface area contributed by atoms with Gasteiger partial charge in [-0.05, 0) is 58.3 Å². The molecule has 3 aliphatic rings. The van der Waals surface area contributed by atoms with E-state index < -0.39 is 24.5 Å². The van der Waals surface area contributed by atoms with Crippen LogP contribution in [0.1, 0.15) is 20.3 Å². The summed E-state index contributed by atoms with van der Waals surface area (Å²) >= 11 is 9.28. The average molecular weight is 510 g/mol.